The van der Waals surface area contributed by atoms with Crippen molar-refractivity contribution in [2.75, 3.05) is 13.2 Å². The normalized spacial score (nSPS) is 12.0. The minimum absolute atomic E-state index is 0.0635. The van der Waals surface area contributed by atoms with E-state index < -0.39 is 6.10 Å². The van der Waals surface area contributed by atoms with Crippen LogP contribution in [0.2, 0.25) is 0 Å². The lowest BCUT2D eigenvalue weighted by Crippen LogP contribution is -2.30. The summed E-state index contributed by atoms with van der Waals surface area (Å²) < 4.78 is 16.9. The molecular formula is C59H114O6. The highest BCUT2D eigenvalue weighted by Gasteiger charge is 2.19. The third-order valence-electron chi connectivity index (χ3n) is 13.5. The molecule has 0 heterocycles. The lowest BCUT2D eigenvalue weighted by Gasteiger charge is -2.18. The molecule has 0 radical (unpaired) electrons. The minimum Gasteiger partial charge on any atom is -0.462 e. The maximum Gasteiger partial charge on any atom is 0.306 e. The van der Waals surface area contributed by atoms with Crippen LogP contribution in [0.4, 0.5) is 0 Å². The molecule has 0 aromatic heterocycles. The quantitative estimate of drug-likeness (QED) is 0.0344. The molecule has 0 amide bonds. The summed E-state index contributed by atoms with van der Waals surface area (Å²) in [6.45, 7) is 11.4. The summed E-state index contributed by atoms with van der Waals surface area (Å²) in [4.78, 5) is 38.1. The first-order valence-electron chi connectivity index (χ1n) is 29.2. The maximum atomic E-state index is 12.8. The van der Waals surface area contributed by atoms with Crippen molar-refractivity contribution in [3.8, 4) is 0 Å². The van der Waals surface area contributed by atoms with Gasteiger partial charge in [0.2, 0.25) is 0 Å². The van der Waals surface area contributed by atoms with Gasteiger partial charge in [0.1, 0.15) is 13.2 Å². The number of carbonyl (C=O) groups excluding carboxylic acids is 3. The topological polar surface area (TPSA) is 78.9 Å². The summed E-state index contributed by atoms with van der Waals surface area (Å²) in [7, 11) is 0. The molecule has 0 saturated carbocycles. The Morgan fingerprint density at radius 3 is 0.754 bits per heavy atom. The Morgan fingerprint density at radius 1 is 0.292 bits per heavy atom. The van der Waals surface area contributed by atoms with Crippen LogP contribution in [0.5, 0.6) is 0 Å². The van der Waals surface area contributed by atoms with Gasteiger partial charge in [-0.05, 0) is 31.1 Å². The number of rotatable bonds is 53. The molecule has 1 atom stereocenters. The van der Waals surface area contributed by atoms with Gasteiger partial charge in [-0.15, -0.1) is 0 Å². The van der Waals surface area contributed by atoms with E-state index in [-0.39, 0.29) is 31.1 Å². The van der Waals surface area contributed by atoms with Crippen LogP contribution >= 0.6 is 0 Å². The zero-order valence-corrected chi connectivity index (χ0v) is 44.6. The molecule has 6 heteroatoms. The molecule has 0 aliphatic rings. The average Bonchev–Trinajstić information content (AvgIpc) is 3.28. The lowest BCUT2D eigenvalue weighted by atomic mass is 10.0. The lowest BCUT2D eigenvalue weighted by molar-refractivity contribution is -0.167. The predicted molar refractivity (Wildman–Crippen MR) is 280 cm³/mol. The molecule has 0 bridgehead atoms. The fraction of sp³-hybridized carbons (Fsp3) is 0.949. The number of hydrogen-bond acceptors (Lipinski definition) is 6. The fourth-order valence-corrected chi connectivity index (χ4v) is 9.05. The third-order valence-corrected chi connectivity index (χ3v) is 13.5. The van der Waals surface area contributed by atoms with E-state index in [4.69, 9.17) is 14.2 Å². The molecule has 0 saturated heterocycles. The molecule has 0 aliphatic heterocycles. The molecule has 0 aliphatic carbocycles. The standard InChI is InChI=1S/C59H114O6/c1-6-7-8-9-10-11-12-13-14-15-16-20-23-26-29-34-39-44-49-57(60)63-52-56(65-59(62)51-46-41-36-31-33-38-43-48-55(4)5)53-64-58(61)50-45-40-35-30-27-24-21-18-17-19-22-25-28-32-37-42-47-54(2)3/h54-56H,6-53H2,1-5H3/t56-/m0/s1. The Labute approximate surface area is 406 Å². The van der Waals surface area contributed by atoms with Crippen molar-refractivity contribution in [1.29, 1.82) is 0 Å². The Morgan fingerprint density at radius 2 is 0.508 bits per heavy atom. The highest BCUT2D eigenvalue weighted by molar-refractivity contribution is 5.71. The Bertz CT molecular complexity index is 993. The van der Waals surface area contributed by atoms with Crippen molar-refractivity contribution in [2.45, 2.75) is 336 Å². The first-order chi connectivity index (χ1) is 31.7. The van der Waals surface area contributed by atoms with Gasteiger partial charge >= 0.3 is 17.9 Å². The molecule has 0 fully saturated rings. The summed E-state index contributed by atoms with van der Waals surface area (Å²) in [5, 5.41) is 0. The van der Waals surface area contributed by atoms with Gasteiger partial charge in [-0.3, -0.25) is 14.4 Å². The monoisotopic (exact) mass is 919 g/mol. The van der Waals surface area contributed by atoms with Crippen molar-refractivity contribution in [3.63, 3.8) is 0 Å². The Kier molecular flexibility index (Phi) is 50.5. The smallest absolute Gasteiger partial charge is 0.306 e. The molecule has 0 spiro atoms. The van der Waals surface area contributed by atoms with Crippen LogP contribution in [-0.4, -0.2) is 37.2 Å². The Balaban J connectivity index is 4.20. The van der Waals surface area contributed by atoms with E-state index >= 15 is 0 Å². The fourth-order valence-electron chi connectivity index (χ4n) is 9.05. The van der Waals surface area contributed by atoms with Gasteiger partial charge in [-0.25, -0.2) is 0 Å². The van der Waals surface area contributed by atoms with Crippen LogP contribution in [0.25, 0.3) is 0 Å². The number of esters is 3. The zero-order valence-electron chi connectivity index (χ0n) is 44.6. The highest BCUT2D eigenvalue weighted by Crippen LogP contribution is 2.18. The summed E-state index contributed by atoms with van der Waals surface area (Å²) in [5.74, 6) is 0.788. The molecule has 65 heavy (non-hydrogen) atoms. The van der Waals surface area contributed by atoms with Crippen molar-refractivity contribution in [2.24, 2.45) is 11.8 Å². The zero-order chi connectivity index (χ0) is 47.5. The van der Waals surface area contributed by atoms with Gasteiger partial charge in [-0.2, -0.15) is 0 Å². The largest absolute Gasteiger partial charge is 0.462 e. The molecule has 386 valence electrons. The number of hydrogen-bond donors (Lipinski definition) is 0. The van der Waals surface area contributed by atoms with Gasteiger partial charge in [-0.1, -0.05) is 291 Å². The predicted octanol–water partition coefficient (Wildman–Crippen LogP) is 19.3. The summed E-state index contributed by atoms with van der Waals surface area (Å²) in [6, 6.07) is 0. The number of ether oxygens (including phenoxy) is 3. The van der Waals surface area contributed by atoms with Crippen molar-refractivity contribution in [3.05, 3.63) is 0 Å². The molecule has 0 unspecified atom stereocenters. The van der Waals surface area contributed by atoms with Crippen molar-refractivity contribution < 1.29 is 28.6 Å². The second-order valence-corrected chi connectivity index (χ2v) is 21.2. The second-order valence-electron chi connectivity index (χ2n) is 21.2. The molecule has 0 aromatic rings. The molecular weight excluding hydrogens is 805 g/mol. The minimum atomic E-state index is -0.763. The molecule has 6 nitrogen and oxygen atoms in total. The van der Waals surface area contributed by atoms with E-state index in [1.807, 2.05) is 0 Å². The summed E-state index contributed by atoms with van der Waals surface area (Å²) >= 11 is 0. The van der Waals surface area contributed by atoms with E-state index in [0.29, 0.717) is 19.3 Å². The first kappa shape index (κ1) is 63.4. The van der Waals surface area contributed by atoms with E-state index in [9.17, 15) is 14.4 Å². The molecule has 0 rings (SSSR count). The number of carbonyl (C=O) groups is 3. The number of unbranched alkanes of at least 4 members (excludes halogenated alkanes) is 38. The van der Waals surface area contributed by atoms with E-state index in [1.165, 1.54) is 218 Å². The Hall–Kier alpha value is -1.59. The second kappa shape index (κ2) is 51.8. The van der Waals surface area contributed by atoms with Crippen LogP contribution in [0, 0.1) is 11.8 Å². The van der Waals surface area contributed by atoms with Crippen LogP contribution in [0.3, 0.4) is 0 Å². The summed E-state index contributed by atoms with van der Waals surface area (Å²) in [5.41, 5.74) is 0. The molecule has 0 N–H and O–H groups in total. The summed E-state index contributed by atoms with van der Waals surface area (Å²) in [6.07, 6.45) is 55.4. The van der Waals surface area contributed by atoms with Gasteiger partial charge in [0, 0.05) is 19.3 Å². The average molecular weight is 920 g/mol. The van der Waals surface area contributed by atoms with Crippen LogP contribution in [-0.2, 0) is 28.6 Å². The van der Waals surface area contributed by atoms with E-state index in [0.717, 1.165) is 69.6 Å². The van der Waals surface area contributed by atoms with Crippen LogP contribution < -0.4 is 0 Å². The highest BCUT2D eigenvalue weighted by atomic mass is 16.6. The van der Waals surface area contributed by atoms with Gasteiger partial charge in [0.05, 0.1) is 0 Å². The third kappa shape index (κ3) is 53.2. The van der Waals surface area contributed by atoms with Crippen molar-refractivity contribution >= 4 is 17.9 Å². The van der Waals surface area contributed by atoms with Crippen LogP contribution in [0.15, 0.2) is 0 Å². The van der Waals surface area contributed by atoms with Gasteiger partial charge in [0.25, 0.3) is 0 Å². The SMILES string of the molecule is CCCCCCCCCCCCCCCCCCCCC(=O)OC[C@@H](COC(=O)CCCCCCCCCCCCCCCCCCC(C)C)OC(=O)CCCCCCCCCC(C)C. The maximum absolute atomic E-state index is 12.8. The van der Waals surface area contributed by atoms with E-state index in [1.54, 1.807) is 0 Å². The first-order valence-corrected chi connectivity index (χ1v) is 29.2. The molecule has 0 aromatic carbocycles. The van der Waals surface area contributed by atoms with Crippen molar-refractivity contribution in [1.82, 2.24) is 0 Å². The van der Waals surface area contributed by atoms with E-state index in [2.05, 4.69) is 34.6 Å². The van der Waals surface area contributed by atoms with Gasteiger partial charge < -0.3 is 14.2 Å². The van der Waals surface area contributed by atoms with Gasteiger partial charge in [0.15, 0.2) is 6.10 Å². The van der Waals surface area contributed by atoms with Crippen LogP contribution in [0.1, 0.15) is 330 Å².